The van der Waals surface area contributed by atoms with Crippen LogP contribution in [0.1, 0.15) is 32.1 Å². The molecule has 2 amide bonds. The maximum Gasteiger partial charge on any atom is 0.327 e. The number of nitrogens with zero attached hydrogens (tertiary/aromatic N) is 2. The third-order valence-corrected chi connectivity index (χ3v) is 5.60. The van der Waals surface area contributed by atoms with Gasteiger partial charge >= 0.3 is 12.0 Å². The van der Waals surface area contributed by atoms with E-state index < -0.39 is 12.0 Å². The quantitative estimate of drug-likeness (QED) is 0.795. The summed E-state index contributed by atoms with van der Waals surface area (Å²) in [5.74, 6) is -0.847. The Balaban J connectivity index is 1.71. The number of likely N-dealkylation sites (tertiary alicyclic amines) is 1. The molecule has 3 rings (SSSR count). The maximum atomic E-state index is 12.5. The molecular weight excluding hydrogens is 324 g/mol. The van der Waals surface area contributed by atoms with Crippen molar-refractivity contribution in [3.63, 3.8) is 0 Å². The second-order valence-corrected chi connectivity index (χ2v) is 7.09. The van der Waals surface area contributed by atoms with Crippen LogP contribution in [-0.2, 0) is 4.79 Å². The number of urea groups is 1. The van der Waals surface area contributed by atoms with Gasteiger partial charge in [0.15, 0.2) is 0 Å². The lowest BCUT2D eigenvalue weighted by Crippen LogP contribution is -2.70. The number of aliphatic carboxylic acids is 1. The lowest BCUT2D eigenvalue weighted by atomic mass is 9.70. The van der Waals surface area contributed by atoms with Gasteiger partial charge in [-0.3, -0.25) is 0 Å². The third kappa shape index (κ3) is 2.14. The first kappa shape index (κ1) is 13.9. The Kier molecular flexibility index (Phi) is 3.52. The summed E-state index contributed by atoms with van der Waals surface area (Å²) >= 11 is 3.43. The SMILES string of the molecule is O=C(O)C1N(C(=O)N2CC=C(Br)CC2)CC12CCCC2. The van der Waals surface area contributed by atoms with Gasteiger partial charge in [0.05, 0.1) is 0 Å². The summed E-state index contributed by atoms with van der Waals surface area (Å²) in [4.78, 5) is 27.3. The lowest BCUT2D eigenvalue weighted by Gasteiger charge is -2.54. The van der Waals surface area contributed by atoms with Crippen molar-refractivity contribution < 1.29 is 14.7 Å². The zero-order valence-corrected chi connectivity index (χ0v) is 12.9. The number of carbonyl (C=O) groups excluding carboxylic acids is 1. The van der Waals surface area contributed by atoms with E-state index >= 15 is 0 Å². The number of hydrogen-bond donors (Lipinski definition) is 1. The summed E-state index contributed by atoms with van der Waals surface area (Å²) in [6, 6.07) is -0.738. The van der Waals surface area contributed by atoms with Crippen molar-refractivity contribution in [3.05, 3.63) is 10.6 Å². The van der Waals surface area contributed by atoms with Crippen LogP contribution < -0.4 is 0 Å². The van der Waals surface area contributed by atoms with Crippen LogP contribution in [0.2, 0.25) is 0 Å². The van der Waals surface area contributed by atoms with Crippen molar-refractivity contribution in [1.29, 1.82) is 0 Å². The second-order valence-electron chi connectivity index (χ2n) is 6.07. The Morgan fingerprint density at radius 1 is 1.35 bits per heavy atom. The van der Waals surface area contributed by atoms with Crippen molar-refractivity contribution in [2.75, 3.05) is 19.6 Å². The number of hydrogen-bond acceptors (Lipinski definition) is 2. The Labute approximate surface area is 126 Å². The zero-order valence-electron chi connectivity index (χ0n) is 11.3. The molecule has 2 heterocycles. The molecule has 0 radical (unpaired) electrons. The predicted molar refractivity (Wildman–Crippen MR) is 77.6 cm³/mol. The van der Waals surface area contributed by atoms with Crippen molar-refractivity contribution >= 4 is 27.9 Å². The fourth-order valence-electron chi connectivity index (χ4n) is 3.82. The highest BCUT2D eigenvalue weighted by atomic mass is 79.9. The summed E-state index contributed by atoms with van der Waals surface area (Å²) in [5.41, 5.74) is -0.145. The van der Waals surface area contributed by atoms with E-state index in [9.17, 15) is 14.7 Å². The molecule has 1 N–H and O–H groups in total. The Hall–Kier alpha value is -1.04. The molecule has 2 fully saturated rings. The fraction of sp³-hybridized carbons (Fsp3) is 0.714. The Morgan fingerprint density at radius 3 is 2.60 bits per heavy atom. The van der Waals surface area contributed by atoms with Crippen molar-refractivity contribution in [2.24, 2.45) is 5.41 Å². The second kappa shape index (κ2) is 5.06. The monoisotopic (exact) mass is 342 g/mol. The molecular formula is C14H19BrN2O3. The van der Waals surface area contributed by atoms with Crippen molar-refractivity contribution in [3.8, 4) is 0 Å². The molecule has 0 aromatic carbocycles. The number of carbonyl (C=O) groups is 2. The van der Waals surface area contributed by atoms with Crippen LogP contribution in [0.5, 0.6) is 0 Å². The topological polar surface area (TPSA) is 60.9 Å². The summed E-state index contributed by atoms with van der Waals surface area (Å²) in [6.45, 7) is 1.84. The minimum atomic E-state index is -0.847. The first-order chi connectivity index (χ1) is 9.53. The number of halogens is 1. The van der Waals surface area contributed by atoms with Gasteiger partial charge in [-0.25, -0.2) is 9.59 Å². The smallest absolute Gasteiger partial charge is 0.327 e. The van der Waals surface area contributed by atoms with Gasteiger partial charge in [-0.2, -0.15) is 0 Å². The average molecular weight is 343 g/mol. The molecule has 5 nitrogen and oxygen atoms in total. The van der Waals surface area contributed by atoms with Gasteiger partial charge in [0.25, 0.3) is 0 Å². The molecule has 20 heavy (non-hydrogen) atoms. The normalized spacial score (nSPS) is 28.2. The number of amides is 2. The van der Waals surface area contributed by atoms with Gasteiger partial charge in [-0.15, -0.1) is 0 Å². The van der Waals surface area contributed by atoms with E-state index in [0.29, 0.717) is 19.6 Å². The van der Waals surface area contributed by atoms with Crippen LogP contribution in [-0.4, -0.2) is 52.6 Å². The lowest BCUT2D eigenvalue weighted by molar-refractivity contribution is -0.159. The summed E-state index contributed by atoms with van der Waals surface area (Å²) in [6.07, 6.45) is 6.85. The first-order valence-electron chi connectivity index (χ1n) is 7.16. The highest BCUT2D eigenvalue weighted by molar-refractivity contribution is 9.11. The molecule has 0 bridgehead atoms. The Morgan fingerprint density at radius 2 is 2.05 bits per heavy atom. The van der Waals surface area contributed by atoms with E-state index in [1.165, 1.54) is 0 Å². The number of carboxylic acids is 1. The molecule has 1 saturated carbocycles. The van der Waals surface area contributed by atoms with Crippen molar-refractivity contribution in [1.82, 2.24) is 9.80 Å². The van der Waals surface area contributed by atoms with Gasteiger partial charge in [0.2, 0.25) is 0 Å². The molecule has 1 spiro atoms. The minimum absolute atomic E-state index is 0.119. The van der Waals surface area contributed by atoms with Crippen LogP contribution in [0.4, 0.5) is 4.79 Å². The van der Waals surface area contributed by atoms with Crippen molar-refractivity contribution in [2.45, 2.75) is 38.1 Å². The number of carboxylic acid groups (broad SMARTS) is 1. The third-order valence-electron chi connectivity index (χ3n) is 4.88. The summed E-state index contributed by atoms with van der Waals surface area (Å²) in [7, 11) is 0. The van der Waals surface area contributed by atoms with Gasteiger partial charge in [0.1, 0.15) is 6.04 Å². The van der Waals surface area contributed by atoms with E-state index in [0.717, 1.165) is 36.6 Å². The molecule has 6 heteroatoms. The van der Waals surface area contributed by atoms with Gasteiger partial charge in [-0.05, 0) is 23.7 Å². The molecule has 0 aromatic rings. The molecule has 2 aliphatic heterocycles. The zero-order chi connectivity index (χ0) is 14.3. The minimum Gasteiger partial charge on any atom is -0.480 e. The molecule has 1 unspecified atom stereocenters. The van der Waals surface area contributed by atoms with Crippen LogP contribution in [0, 0.1) is 5.41 Å². The van der Waals surface area contributed by atoms with Crippen LogP contribution in [0.15, 0.2) is 10.6 Å². The molecule has 0 aromatic heterocycles. The molecule has 1 atom stereocenters. The fourth-order valence-corrected chi connectivity index (χ4v) is 4.14. The highest BCUT2D eigenvalue weighted by Crippen LogP contribution is 2.50. The average Bonchev–Trinajstić information content (AvgIpc) is 2.86. The van der Waals surface area contributed by atoms with E-state index in [1.54, 1.807) is 9.80 Å². The van der Waals surface area contributed by atoms with Crippen LogP contribution in [0.25, 0.3) is 0 Å². The standard InChI is InChI=1S/C14H19BrN2O3/c15-10-3-7-16(8-4-10)13(20)17-9-14(5-1-2-6-14)11(17)12(18)19/h3,11H,1-2,4-9H2,(H,18,19). The van der Waals surface area contributed by atoms with E-state index in [-0.39, 0.29) is 11.4 Å². The molecule has 3 aliphatic rings. The van der Waals surface area contributed by atoms with Gasteiger partial charge in [0, 0.05) is 25.0 Å². The summed E-state index contributed by atoms with van der Waals surface area (Å²) in [5, 5.41) is 9.49. The predicted octanol–water partition coefficient (Wildman–Crippen LogP) is 2.42. The summed E-state index contributed by atoms with van der Waals surface area (Å²) < 4.78 is 1.12. The number of rotatable bonds is 1. The van der Waals surface area contributed by atoms with Crippen LogP contribution in [0.3, 0.4) is 0 Å². The van der Waals surface area contributed by atoms with E-state index in [4.69, 9.17) is 0 Å². The first-order valence-corrected chi connectivity index (χ1v) is 7.96. The Bertz CT molecular complexity index is 471. The van der Waals surface area contributed by atoms with E-state index in [2.05, 4.69) is 15.9 Å². The highest BCUT2D eigenvalue weighted by Gasteiger charge is 2.59. The molecule has 1 aliphatic carbocycles. The molecule has 110 valence electrons. The largest absolute Gasteiger partial charge is 0.480 e. The van der Waals surface area contributed by atoms with Crippen LogP contribution >= 0.6 is 15.9 Å². The van der Waals surface area contributed by atoms with Gasteiger partial charge in [-0.1, -0.05) is 34.8 Å². The van der Waals surface area contributed by atoms with E-state index in [1.807, 2.05) is 6.08 Å². The van der Waals surface area contributed by atoms with Gasteiger partial charge < -0.3 is 14.9 Å². The maximum absolute atomic E-state index is 12.5. The molecule has 1 saturated heterocycles.